The summed E-state index contributed by atoms with van der Waals surface area (Å²) in [5, 5.41) is 11.6. The Morgan fingerprint density at radius 2 is 2.05 bits per heavy atom. The fourth-order valence-corrected chi connectivity index (χ4v) is 5.99. The van der Waals surface area contributed by atoms with Gasteiger partial charge in [0.2, 0.25) is 11.8 Å². The first-order chi connectivity index (χ1) is 18.9. The molecule has 4 heterocycles. The summed E-state index contributed by atoms with van der Waals surface area (Å²) < 4.78 is 7.98. The van der Waals surface area contributed by atoms with Crippen molar-refractivity contribution in [3.05, 3.63) is 100 Å². The molecule has 1 fully saturated rings. The first-order valence-corrected chi connectivity index (χ1v) is 13.8. The highest BCUT2D eigenvalue weighted by atomic mass is 32.1. The molecule has 0 saturated carbocycles. The molecule has 1 aliphatic heterocycles. The number of nitrogens with zero attached hydrogens (tertiary/aromatic N) is 6. The maximum atomic E-state index is 13.9. The number of imidazole rings is 1. The van der Waals surface area contributed by atoms with Gasteiger partial charge in [0, 0.05) is 46.8 Å². The Kier molecular flexibility index (Phi) is 6.58. The topological polar surface area (TPSA) is 116 Å². The number of thiazole rings is 1. The summed E-state index contributed by atoms with van der Waals surface area (Å²) in [6.07, 6.45) is 7.61. The predicted molar refractivity (Wildman–Crippen MR) is 148 cm³/mol. The van der Waals surface area contributed by atoms with E-state index < -0.39 is 5.54 Å². The van der Waals surface area contributed by atoms with E-state index in [0.717, 1.165) is 34.8 Å². The molecule has 6 rings (SSSR count). The van der Waals surface area contributed by atoms with Crippen molar-refractivity contribution in [2.75, 3.05) is 6.54 Å². The third-order valence-electron chi connectivity index (χ3n) is 6.98. The fraction of sp³-hybridized carbons (Fsp3) is 0.276. The number of rotatable bonds is 7. The van der Waals surface area contributed by atoms with E-state index in [1.54, 1.807) is 23.9 Å². The molecule has 3 aromatic heterocycles. The van der Waals surface area contributed by atoms with Gasteiger partial charge in [-0.3, -0.25) is 4.79 Å². The Morgan fingerprint density at radius 3 is 2.79 bits per heavy atom. The van der Waals surface area contributed by atoms with Crippen molar-refractivity contribution in [1.29, 1.82) is 0 Å². The lowest BCUT2D eigenvalue weighted by Crippen LogP contribution is -2.35. The van der Waals surface area contributed by atoms with Crippen LogP contribution in [0.5, 0.6) is 0 Å². The van der Waals surface area contributed by atoms with Gasteiger partial charge in [-0.2, -0.15) is 0 Å². The molecule has 2 N–H and O–H groups in total. The van der Waals surface area contributed by atoms with Gasteiger partial charge in [0.15, 0.2) is 0 Å². The third kappa shape index (κ3) is 5.13. The highest BCUT2D eigenvalue weighted by Gasteiger charge is 2.33. The smallest absolute Gasteiger partial charge is 0.254 e. The van der Waals surface area contributed by atoms with Crippen LogP contribution in [0.3, 0.4) is 0 Å². The van der Waals surface area contributed by atoms with Gasteiger partial charge in [0.1, 0.15) is 5.01 Å². The normalized spacial score (nSPS) is 16.9. The fourth-order valence-electron chi connectivity index (χ4n) is 5.04. The second-order valence-corrected chi connectivity index (χ2v) is 11.1. The number of carbonyl (C=O) groups excluding carboxylic acids is 1. The highest BCUT2D eigenvalue weighted by Crippen LogP contribution is 2.36. The Hall–Kier alpha value is -4.15. The van der Waals surface area contributed by atoms with Gasteiger partial charge in [-0.15, -0.1) is 21.5 Å². The first kappa shape index (κ1) is 25.1. The minimum absolute atomic E-state index is 0.0255. The maximum Gasteiger partial charge on any atom is 0.254 e. The van der Waals surface area contributed by atoms with E-state index in [1.165, 1.54) is 0 Å². The zero-order valence-electron chi connectivity index (χ0n) is 21.8. The van der Waals surface area contributed by atoms with Gasteiger partial charge in [0.05, 0.1) is 17.9 Å². The summed E-state index contributed by atoms with van der Waals surface area (Å²) >= 11 is 1.61. The predicted octanol–water partition coefficient (Wildman–Crippen LogP) is 5.08. The van der Waals surface area contributed by atoms with E-state index in [2.05, 4.69) is 20.2 Å². The molecule has 0 bridgehead atoms. The number of benzene rings is 2. The molecular formula is C29H29N7O2S. The largest absolute Gasteiger partial charge is 0.419 e. The molecule has 9 nitrogen and oxygen atoms in total. The lowest BCUT2D eigenvalue weighted by molar-refractivity contribution is 0.0735. The van der Waals surface area contributed by atoms with Crippen LogP contribution in [0.15, 0.2) is 77.0 Å². The Balaban J connectivity index is 1.35. The summed E-state index contributed by atoms with van der Waals surface area (Å²) in [4.78, 5) is 24.7. The molecule has 2 unspecified atom stereocenters. The number of carbonyl (C=O) groups is 1. The summed E-state index contributed by atoms with van der Waals surface area (Å²) in [7, 11) is 0. The Bertz CT molecular complexity index is 1590. The van der Waals surface area contributed by atoms with E-state index in [9.17, 15) is 4.79 Å². The van der Waals surface area contributed by atoms with E-state index in [-0.39, 0.29) is 11.9 Å². The van der Waals surface area contributed by atoms with Gasteiger partial charge >= 0.3 is 0 Å². The molecule has 1 aliphatic rings. The van der Waals surface area contributed by atoms with Crippen molar-refractivity contribution in [3.63, 3.8) is 0 Å². The number of hydrogen-bond acceptors (Lipinski definition) is 8. The third-order valence-corrected chi connectivity index (χ3v) is 8.04. The summed E-state index contributed by atoms with van der Waals surface area (Å²) in [6, 6.07) is 15.5. The summed E-state index contributed by atoms with van der Waals surface area (Å²) in [6.45, 7) is 4.54. The quantitative estimate of drug-likeness (QED) is 0.307. The molecule has 5 aromatic rings. The summed E-state index contributed by atoms with van der Waals surface area (Å²) in [5.74, 6) is 0.585. The molecule has 0 radical (unpaired) electrons. The number of hydrogen-bond donors (Lipinski definition) is 1. The molecule has 0 spiro atoms. The van der Waals surface area contributed by atoms with Crippen molar-refractivity contribution in [2.45, 2.75) is 44.7 Å². The van der Waals surface area contributed by atoms with Gasteiger partial charge in [-0.25, -0.2) is 9.97 Å². The standard InChI is InChI=1S/C29H29N7O2S/c1-19-17-39-26(32-19)24-9-6-11-36(24)27(37)22-13-21(14-23(15-22)35-12-10-31-18-35)25-33-34-28(38-25)29(2,30)16-20-7-4-3-5-8-20/h3-5,7-8,10,12-15,17-18,24H,6,9,11,16,30H2,1-2H3. The molecular weight excluding hydrogens is 510 g/mol. The maximum absolute atomic E-state index is 13.9. The second kappa shape index (κ2) is 10.2. The highest BCUT2D eigenvalue weighted by molar-refractivity contribution is 7.09. The molecule has 1 saturated heterocycles. The number of aryl methyl sites for hydroxylation is 1. The average Bonchev–Trinajstić information content (AvgIpc) is 3.74. The van der Waals surface area contributed by atoms with Crippen LogP contribution in [-0.2, 0) is 12.0 Å². The van der Waals surface area contributed by atoms with Crippen LogP contribution in [0, 0.1) is 6.92 Å². The van der Waals surface area contributed by atoms with E-state index in [0.29, 0.717) is 35.9 Å². The zero-order valence-corrected chi connectivity index (χ0v) is 22.6. The van der Waals surface area contributed by atoms with Crippen LogP contribution in [0.2, 0.25) is 0 Å². The monoisotopic (exact) mass is 539 g/mol. The van der Waals surface area contributed by atoms with Crippen molar-refractivity contribution in [3.8, 4) is 17.1 Å². The Morgan fingerprint density at radius 1 is 1.21 bits per heavy atom. The van der Waals surface area contributed by atoms with Crippen molar-refractivity contribution >= 4 is 17.2 Å². The minimum Gasteiger partial charge on any atom is -0.419 e. The van der Waals surface area contributed by atoms with Gasteiger partial charge in [-0.1, -0.05) is 30.3 Å². The van der Waals surface area contributed by atoms with Crippen LogP contribution in [0.1, 0.15) is 58.3 Å². The number of amides is 1. The van der Waals surface area contributed by atoms with Gasteiger partial charge in [-0.05, 0) is 56.9 Å². The lowest BCUT2D eigenvalue weighted by atomic mass is 9.94. The number of nitrogens with two attached hydrogens (primary N) is 1. The molecule has 198 valence electrons. The van der Waals surface area contributed by atoms with E-state index in [1.807, 2.05) is 83.4 Å². The lowest BCUT2D eigenvalue weighted by Gasteiger charge is -2.23. The molecule has 10 heteroatoms. The molecule has 1 amide bonds. The van der Waals surface area contributed by atoms with Crippen molar-refractivity contribution in [2.24, 2.45) is 5.73 Å². The molecule has 2 aromatic carbocycles. The van der Waals surface area contributed by atoms with Crippen LogP contribution < -0.4 is 5.73 Å². The molecule has 39 heavy (non-hydrogen) atoms. The number of likely N-dealkylation sites (tertiary alicyclic amines) is 1. The van der Waals surface area contributed by atoms with Crippen molar-refractivity contribution < 1.29 is 9.21 Å². The SMILES string of the molecule is Cc1csc(C2CCCN2C(=O)c2cc(-c3nnc(C(C)(N)Cc4ccccc4)o3)cc(-n3ccnc3)c2)n1. The van der Waals surface area contributed by atoms with Gasteiger partial charge in [0.25, 0.3) is 5.91 Å². The summed E-state index contributed by atoms with van der Waals surface area (Å²) in [5.41, 5.74) is 9.77. The van der Waals surface area contributed by atoms with Crippen LogP contribution in [-0.4, -0.2) is 42.1 Å². The van der Waals surface area contributed by atoms with Gasteiger partial charge < -0.3 is 19.6 Å². The minimum atomic E-state index is -0.859. The zero-order chi connectivity index (χ0) is 27.0. The second-order valence-electron chi connectivity index (χ2n) is 10.2. The van der Waals surface area contributed by atoms with Crippen LogP contribution >= 0.6 is 11.3 Å². The van der Waals surface area contributed by atoms with Crippen LogP contribution in [0.25, 0.3) is 17.1 Å². The first-order valence-electron chi connectivity index (χ1n) is 12.9. The van der Waals surface area contributed by atoms with Crippen LogP contribution in [0.4, 0.5) is 0 Å². The number of aromatic nitrogens is 5. The van der Waals surface area contributed by atoms with Crippen molar-refractivity contribution in [1.82, 2.24) is 29.6 Å². The molecule has 0 aliphatic carbocycles. The van der Waals surface area contributed by atoms with E-state index >= 15 is 0 Å². The van der Waals surface area contributed by atoms with E-state index in [4.69, 9.17) is 10.2 Å². The molecule has 2 atom stereocenters. The average molecular weight is 540 g/mol. The Labute approximate surface area is 230 Å².